The molecule has 0 bridgehead atoms. The van der Waals surface area contributed by atoms with E-state index in [4.69, 9.17) is 13.9 Å². The Balaban J connectivity index is 1.30. The third-order valence-electron chi connectivity index (χ3n) is 4.27. The zero-order chi connectivity index (χ0) is 21.5. The molecule has 3 aromatic carbocycles. The van der Waals surface area contributed by atoms with Crippen LogP contribution in [0.15, 0.2) is 95.9 Å². The number of carbonyl (C=O) groups is 2. The highest BCUT2D eigenvalue weighted by atomic mass is 16.5. The molecule has 0 aliphatic rings. The van der Waals surface area contributed by atoms with Crippen LogP contribution in [-0.2, 0) is 9.53 Å². The van der Waals surface area contributed by atoms with Crippen molar-refractivity contribution in [3.8, 4) is 22.8 Å². The second kappa shape index (κ2) is 9.41. The molecule has 0 atom stereocenters. The van der Waals surface area contributed by atoms with Gasteiger partial charge < -0.3 is 19.2 Å². The van der Waals surface area contributed by atoms with E-state index < -0.39 is 18.5 Å². The van der Waals surface area contributed by atoms with E-state index >= 15 is 0 Å². The van der Waals surface area contributed by atoms with Gasteiger partial charge in [-0.2, -0.15) is 0 Å². The largest absolute Gasteiger partial charge is 0.457 e. The van der Waals surface area contributed by atoms with Crippen LogP contribution >= 0.6 is 0 Å². The first-order valence-corrected chi connectivity index (χ1v) is 9.46. The van der Waals surface area contributed by atoms with E-state index in [0.29, 0.717) is 28.5 Å². The normalized spacial score (nSPS) is 10.3. The van der Waals surface area contributed by atoms with Crippen molar-refractivity contribution < 1.29 is 23.5 Å². The summed E-state index contributed by atoms with van der Waals surface area (Å²) >= 11 is 0. The second-order valence-corrected chi connectivity index (χ2v) is 6.51. The molecule has 0 saturated carbocycles. The summed E-state index contributed by atoms with van der Waals surface area (Å²) in [6.45, 7) is -0.410. The van der Waals surface area contributed by atoms with Crippen molar-refractivity contribution in [2.45, 2.75) is 0 Å². The van der Waals surface area contributed by atoms with Gasteiger partial charge in [-0.25, -0.2) is 9.78 Å². The molecule has 0 unspecified atom stereocenters. The van der Waals surface area contributed by atoms with Crippen molar-refractivity contribution in [1.29, 1.82) is 0 Å². The molecule has 31 heavy (non-hydrogen) atoms. The Labute approximate surface area is 178 Å². The number of anilines is 1. The number of benzene rings is 3. The molecule has 1 heterocycles. The summed E-state index contributed by atoms with van der Waals surface area (Å²) in [5.41, 5.74) is 1.64. The lowest BCUT2D eigenvalue weighted by atomic mass is 10.1. The maximum Gasteiger partial charge on any atom is 0.338 e. The van der Waals surface area contributed by atoms with E-state index in [1.807, 2.05) is 30.3 Å². The molecule has 1 amide bonds. The minimum absolute atomic E-state index is 0.328. The Bertz CT molecular complexity index is 1160. The summed E-state index contributed by atoms with van der Waals surface area (Å²) < 4.78 is 16.1. The number of nitrogens with one attached hydrogen (secondary N) is 1. The molecule has 154 valence electrons. The molecule has 7 nitrogen and oxygen atoms in total. The zero-order valence-corrected chi connectivity index (χ0v) is 16.4. The van der Waals surface area contributed by atoms with Gasteiger partial charge in [0.05, 0.1) is 11.8 Å². The van der Waals surface area contributed by atoms with Gasteiger partial charge in [0.2, 0.25) is 0 Å². The van der Waals surface area contributed by atoms with Crippen molar-refractivity contribution in [3.05, 3.63) is 97.0 Å². The van der Waals surface area contributed by atoms with Gasteiger partial charge in [-0.05, 0) is 36.4 Å². The van der Waals surface area contributed by atoms with Crippen LogP contribution in [0.4, 0.5) is 5.69 Å². The first-order chi connectivity index (χ1) is 15.2. The fourth-order valence-electron chi connectivity index (χ4n) is 2.80. The maximum absolute atomic E-state index is 12.2. The van der Waals surface area contributed by atoms with Crippen molar-refractivity contribution >= 4 is 17.6 Å². The van der Waals surface area contributed by atoms with Crippen molar-refractivity contribution in [2.24, 2.45) is 0 Å². The van der Waals surface area contributed by atoms with Crippen LogP contribution in [0, 0.1) is 0 Å². The second-order valence-electron chi connectivity index (χ2n) is 6.51. The fraction of sp³-hybridized carbons (Fsp3) is 0.0417. The Morgan fingerprint density at radius 2 is 1.68 bits per heavy atom. The van der Waals surface area contributed by atoms with E-state index in [9.17, 15) is 9.59 Å². The van der Waals surface area contributed by atoms with Crippen LogP contribution in [0.5, 0.6) is 11.5 Å². The van der Waals surface area contributed by atoms with Crippen LogP contribution in [0.25, 0.3) is 11.3 Å². The van der Waals surface area contributed by atoms with E-state index in [2.05, 4.69) is 10.3 Å². The van der Waals surface area contributed by atoms with Crippen LogP contribution in [-0.4, -0.2) is 23.5 Å². The number of hydrogen-bond donors (Lipinski definition) is 1. The molecule has 0 saturated heterocycles. The van der Waals surface area contributed by atoms with Crippen LogP contribution < -0.4 is 10.1 Å². The minimum atomic E-state index is -0.597. The molecule has 0 aliphatic heterocycles. The minimum Gasteiger partial charge on any atom is -0.457 e. The monoisotopic (exact) mass is 414 g/mol. The molecule has 0 radical (unpaired) electrons. The number of hydrogen-bond acceptors (Lipinski definition) is 6. The van der Waals surface area contributed by atoms with Gasteiger partial charge in [-0.15, -0.1) is 0 Å². The quantitative estimate of drug-likeness (QED) is 0.431. The van der Waals surface area contributed by atoms with Crippen molar-refractivity contribution in [3.63, 3.8) is 0 Å². The van der Waals surface area contributed by atoms with Gasteiger partial charge in [0.1, 0.15) is 11.5 Å². The lowest BCUT2D eigenvalue weighted by Gasteiger charge is -2.09. The maximum atomic E-state index is 12.2. The number of amides is 1. The predicted octanol–water partition coefficient (Wildman–Crippen LogP) is 4.93. The van der Waals surface area contributed by atoms with Crippen molar-refractivity contribution in [2.75, 3.05) is 11.9 Å². The van der Waals surface area contributed by atoms with E-state index in [1.54, 1.807) is 54.7 Å². The van der Waals surface area contributed by atoms with Gasteiger partial charge in [0.25, 0.3) is 5.91 Å². The number of aromatic nitrogens is 1. The number of para-hydroxylation sites is 1. The van der Waals surface area contributed by atoms with Gasteiger partial charge in [0.15, 0.2) is 18.8 Å². The third kappa shape index (κ3) is 5.36. The summed E-state index contributed by atoms with van der Waals surface area (Å²) in [5.74, 6) is 0.809. The Morgan fingerprint density at radius 1 is 0.903 bits per heavy atom. The van der Waals surface area contributed by atoms with E-state index in [0.717, 1.165) is 5.56 Å². The van der Waals surface area contributed by atoms with Crippen LogP contribution in [0.2, 0.25) is 0 Å². The number of esters is 1. The average molecular weight is 414 g/mol. The number of ether oxygens (including phenoxy) is 2. The van der Waals surface area contributed by atoms with E-state index in [1.165, 1.54) is 6.39 Å². The van der Waals surface area contributed by atoms with Gasteiger partial charge in [-0.3, -0.25) is 4.79 Å². The smallest absolute Gasteiger partial charge is 0.338 e. The summed E-state index contributed by atoms with van der Waals surface area (Å²) in [4.78, 5) is 28.2. The number of oxazole rings is 1. The SMILES string of the molecule is O=C(COC(=O)c1ccc(-c2cnco2)cc1)Nc1cccc(Oc2ccccc2)c1. The molecular formula is C24H18N2O5. The topological polar surface area (TPSA) is 90.7 Å². The summed E-state index contributed by atoms with van der Waals surface area (Å²) in [7, 11) is 0. The molecule has 4 rings (SSSR count). The summed E-state index contributed by atoms with van der Waals surface area (Å²) in [6.07, 6.45) is 2.91. The average Bonchev–Trinajstić information content (AvgIpc) is 3.34. The predicted molar refractivity (Wildman–Crippen MR) is 114 cm³/mol. The first kappa shape index (κ1) is 19.9. The number of nitrogens with zero attached hydrogens (tertiary/aromatic N) is 1. The van der Waals surface area contributed by atoms with E-state index in [-0.39, 0.29) is 0 Å². The third-order valence-corrected chi connectivity index (χ3v) is 4.27. The Hall–Kier alpha value is -4.39. The van der Waals surface area contributed by atoms with Gasteiger partial charge in [0, 0.05) is 17.3 Å². The van der Waals surface area contributed by atoms with Crippen LogP contribution in [0.3, 0.4) is 0 Å². The molecule has 1 aromatic heterocycles. The Kier molecular flexibility index (Phi) is 6.04. The van der Waals surface area contributed by atoms with Crippen molar-refractivity contribution in [1.82, 2.24) is 4.98 Å². The fourth-order valence-corrected chi connectivity index (χ4v) is 2.80. The zero-order valence-electron chi connectivity index (χ0n) is 16.4. The molecule has 0 fully saturated rings. The molecule has 0 aliphatic carbocycles. The molecule has 7 heteroatoms. The lowest BCUT2D eigenvalue weighted by molar-refractivity contribution is -0.119. The van der Waals surface area contributed by atoms with Gasteiger partial charge >= 0.3 is 5.97 Å². The summed E-state index contributed by atoms with van der Waals surface area (Å²) in [5, 5.41) is 2.69. The first-order valence-electron chi connectivity index (χ1n) is 9.46. The Morgan fingerprint density at radius 3 is 2.42 bits per heavy atom. The summed E-state index contributed by atoms with van der Waals surface area (Å²) in [6, 6.07) is 22.9. The van der Waals surface area contributed by atoms with Crippen LogP contribution in [0.1, 0.15) is 10.4 Å². The molecule has 1 N–H and O–H groups in total. The lowest BCUT2D eigenvalue weighted by Crippen LogP contribution is -2.20. The number of carbonyl (C=O) groups excluding carboxylic acids is 2. The highest BCUT2D eigenvalue weighted by Crippen LogP contribution is 2.24. The number of rotatable bonds is 7. The van der Waals surface area contributed by atoms with Gasteiger partial charge in [-0.1, -0.05) is 36.4 Å². The molecular weight excluding hydrogens is 396 g/mol. The molecule has 0 spiro atoms. The standard InChI is InChI=1S/C24H18N2O5/c27-23(26-19-5-4-8-21(13-19)31-20-6-2-1-3-7-20)15-29-24(28)18-11-9-17(10-12-18)22-14-25-16-30-22/h1-14,16H,15H2,(H,26,27). The molecule has 4 aromatic rings. The highest BCUT2D eigenvalue weighted by molar-refractivity contribution is 5.95. The highest BCUT2D eigenvalue weighted by Gasteiger charge is 2.12.